The highest BCUT2D eigenvalue weighted by molar-refractivity contribution is 6.29. The minimum absolute atomic E-state index is 0.0505. The predicted octanol–water partition coefficient (Wildman–Crippen LogP) is 4.49. The van der Waals surface area contributed by atoms with Gasteiger partial charge < -0.3 is 9.84 Å². The summed E-state index contributed by atoms with van der Waals surface area (Å²) in [6, 6.07) is 0. The topological polar surface area (TPSA) is 80.7 Å². The molecule has 4 rings (SSSR count). The Morgan fingerprint density at radius 2 is 1.94 bits per heavy atom. The molecule has 3 saturated carbocycles. The van der Waals surface area contributed by atoms with Crippen LogP contribution in [0.1, 0.15) is 66.7 Å². The molecule has 0 amide bonds. The number of hydrogen-bond acceptors (Lipinski definition) is 5. The average Bonchev–Trinajstić information content (AvgIpc) is 2.92. The third-order valence-corrected chi connectivity index (χ3v) is 10.3. The van der Waals surface area contributed by atoms with E-state index in [4.69, 9.17) is 16.3 Å². The first-order chi connectivity index (χ1) is 15.3. The summed E-state index contributed by atoms with van der Waals surface area (Å²) in [7, 11) is 0. The van der Waals surface area contributed by atoms with E-state index in [-0.39, 0.29) is 24.5 Å². The minimum atomic E-state index is -2.03. The van der Waals surface area contributed by atoms with Gasteiger partial charge in [0, 0.05) is 29.1 Å². The third kappa shape index (κ3) is 2.71. The second-order valence-electron chi connectivity index (χ2n) is 11.2. The number of halogens is 2. The molecule has 182 valence electrons. The molecular weight excluding hydrogens is 447 g/mol. The van der Waals surface area contributed by atoms with Crippen molar-refractivity contribution >= 4 is 29.1 Å². The Morgan fingerprint density at radius 3 is 2.55 bits per heavy atom. The lowest BCUT2D eigenvalue weighted by Crippen LogP contribution is -2.72. The maximum Gasteiger partial charge on any atom is 0.306 e. The molecule has 0 heterocycles. The Balaban J connectivity index is 1.91. The van der Waals surface area contributed by atoms with Crippen LogP contribution in [0.2, 0.25) is 0 Å². The van der Waals surface area contributed by atoms with Crippen LogP contribution in [0.5, 0.6) is 0 Å². The summed E-state index contributed by atoms with van der Waals surface area (Å²) >= 11 is 6.05. The standard InChI is InChI=1S/C26H34ClFO5/c1-6-21(32)33-26(20(31)14-27)15(2)12-23(4)18-8-7-16-11-17(29)9-10-22(16,3)25(18,28)19(30)13-24(23,26)5/h9-11,15,18-19,30H,6-8,12-14H2,1-5H3/t15-,18-,19-,22-,23-,24-,25-,26-/m0/s1. The number of aliphatic hydroxyl groups is 1. The fourth-order valence-electron chi connectivity index (χ4n) is 8.29. The molecule has 0 bridgehead atoms. The van der Waals surface area contributed by atoms with Crippen molar-refractivity contribution in [3.05, 3.63) is 23.8 Å². The van der Waals surface area contributed by atoms with Crippen LogP contribution in [-0.4, -0.2) is 45.9 Å². The summed E-state index contributed by atoms with van der Waals surface area (Å²) in [6.07, 6.45) is 4.55. The van der Waals surface area contributed by atoms with Crippen molar-refractivity contribution < 1.29 is 28.6 Å². The maximum atomic E-state index is 17.4. The number of alkyl halides is 2. The summed E-state index contributed by atoms with van der Waals surface area (Å²) in [6.45, 7) is 9.13. The fraction of sp³-hybridized carbons (Fsp3) is 0.731. The highest BCUT2D eigenvalue weighted by Gasteiger charge is 2.81. The molecule has 5 nitrogen and oxygen atoms in total. The molecule has 0 unspecified atom stereocenters. The number of carbonyl (C=O) groups is 3. The Hall–Kier alpha value is -1.53. The zero-order chi connectivity index (χ0) is 24.6. The second-order valence-corrected chi connectivity index (χ2v) is 11.4. The van der Waals surface area contributed by atoms with Crippen molar-refractivity contribution in [2.75, 3.05) is 5.88 Å². The minimum Gasteiger partial charge on any atom is -0.450 e. The molecule has 1 N–H and O–H groups in total. The van der Waals surface area contributed by atoms with Crippen LogP contribution in [0.4, 0.5) is 4.39 Å². The number of aliphatic hydroxyl groups excluding tert-OH is 1. The molecule has 0 radical (unpaired) electrons. The van der Waals surface area contributed by atoms with Gasteiger partial charge in [-0.2, -0.15) is 0 Å². The van der Waals surface area contributed by atoms with Crippen LogP contribution in [0, 0.1) is 28.1 Å². The molecule has 0 aromatic heterocycles. The molecule has 4 aliphatic carbocycles. The Labute approximate surface area is 199 Å². The summed E-state index contributed by atoms with van der Waals surface area (Å²) in [5, 5.41) is 11.5. The van der Waals surface area contributed by atoms with Crippen molar-refractivity contribution in [2.45, 2.75) is 84.1 Å². The molecule has 4 aliphatic rings. The number of fused-ring (bicyclic) bond motifs is 5. The number of ketones is 2. The van der Waals surface area contributed by atoms with E-state index in [0.29, 0.717) is 24.8 Å². The van der Waals surface area contributed by atoms with Crippen LogP contribution in [0.15, 0.2) is 23.8 Å². The number of carbonyl (C=O) groups excluding carboxylic acids is 3. The predicted molar refractivity (Wildman–Crippen MR) is 122 cm³/mol. The lowest BCUT2D eigenvalue weighted by Gasteiger charge is -2.66. The van der Waals surface area contributed by atoms with E-state index < -0.39 is 57.2 Å². The van der Waals surface area contributed by atoms with Gasteiger partial charge in [0.25, 0.3) is 0 Å². The normalized spacial score (nSPS) is 48.4. The summed E-state index contributed by atoms with van der Waals surface area (Å²) in [5.41, 5.74) is -5.75. The number of esters is 1. The van der Waals surface area contributed by atoms with Gasteiger partial charge in [0.2, 0.25) is 0 Å². The maximum absolute atomic E-state index is 17.4. The van der Waals surface area contributed by atoms with Crippen LogP contribution in [0.3, 0.4) is 0 Å². The molecule has 7 heteroatoms. The molecular formula is C26H34ClFO5. The Kier molecular flexibility index (Phi) is 5.58. The lowest BCUT2D eigenvalue weighted by atomic mass is 9.40. The number of allylic oxidation sites excluding steroid dienone is 4. The van der Waals surface area contributed by atoms with E-state index in [1.165, 1.54) is 12.2 Å². The quantitative estimate of drug-likeness (QED) is 0.473. The number of ether oxygens (including phenoxy) is 1. The van der Waals surface area contributed by atoms with E-state index in [0.717, 1.165) is 0 Å². The summed E-state index contributed by atoms with van der Waals surface area (Å²) in [4.78, 5) is 38.0. The molecule has 0 saturated heterocycles. The lowest BCUT2D eigenvalue weighted by molar-refractivity contribution is -0.251. The largest absolute Gasteiger partial charge is 0.450 e. The number of Topliss-reactive ketones (excluding diaryl/α,β-unsaturated/α-hetero) is 1. The van der Waals surface area contributed by atoms with E-state index in [2.05, 4.69) is 0 Å². The number of rotatable bonds is 4. The number of hydrogen-bond donors (Lipinski definition) is 1. The molecule has 0 aliphatic heterocycles. The van der Waals surface area contributed by atoms with Gasteiger partial charge in [0.1, 0.15) is 0 Å². The smallest absolute Gasteiger partial charge is 0.306 e. The van der Waals surface area contributed by atoms with Crippen LogP contribution >= 0.6 is 11.6 Å². The summed E-state index contributed by atoms with van der Waals surface area (Å²) < 4.78 is 23.4. The van der Waals surface area contributed by atoms with Crippen molar-refractivity contribution in [1.82, 2.24) is 0 Å². The molecule has 33 heavy (non-hydrogen) atoms. The first-order valence-electron chi connectivity index (χ1n) is 11.9. The molecule has 0 aromatic carbocycles. The van der Waals surface area contributed by atoms with Crippen molar-refractivity contribution in [1.29, 1.82) is 0 Å². The highest BCUT2D eigenvalue weighted by atomic mass is 35.5. The van der Waals surface area contributed by atoms with Gasteiger partial charge in [-0.05, 0) is 50.2 Å². The van der Waals surface area contributed by atoms with Gasteiger partial charge in [-0.25, -0.2) is 4.39 Å². The molecule has 8 atom stereocenters. The van der Waals surface area contributed by atoms with Gasteiger partial charge in [-0.3, -0.25) is 14.4 Å². The van der Waals surface area contributed by atoms with Gasteiger partial charge in [0.05, 0.1) is 12.0 Å². The monoisotopic (exact) mass is 480 g/mol. The SMILES string of the molecule is CCC(=O)O[C@]1(C(=O)CCl)[C@@H](C)C[C@@]2(C)[C@@H]3CCC4=CC(=O)C=C[C@]4(C)[C@@]3(F)[C@@H](O)C[C@@]21C. The average molecular weight is 481 g/mol. The van der Waals surface area contributed by atoms with E-state index in [1.807, 2.05) is 20.8 Å². The van der Waals surface area contributed by atoms with Crippen molar-refractivity contribution in [2.24, 2.45) is 28.1 Å². The van der Waals surface area contributed by atoms with E-state index in [1.54, 1.807) is 19.9 Å². The molecule has 0 spiro atoms. The second kappa shape index (κ2) is 7.48. The first kappa shape index (κ1) is 24.6. The Morgan fingerprint density at radius 1 is 1.27 bits per heavy atom. The van der Waals surface area contributed by atoms with Gasteiger partial charge in [0.15, 0.2) is 22.8 Å². The summed E-state index contributed by atoms with van der Waals surface area (Å²) in [5.74, 6) is -2.40. The molecule has 0 aromatic rings. The van der Waals surface area contributed by atoms with Crippen LogP contribution in [-0.2, 0) is 19.1 Å². The van der Waals surface area contributed by atoms with Crippen LogP contribution < -0.4 is 0 Å². The van der Waals surface area contributed by atoms with Crippen molar-refractivity contribution in [3.63, 3.8) is 0 Å². The zero-order valence-corrected chi connectivity index (χ0v) is 20.8. The van der Waals surface area contributed by atoms with Crippen LogP contribution in [0.25, 0.3) is 0 Å². The van der Waals surface area contributed by atoms with E-state index in [9.17, 15) is 19.5 Å². The van der Waals surface area contributed by atoms with E-state index >= 15 is 4.39 Å². The van der Waals surface area contributed by atoms with Crippen molar-refractivity contribution in [3.8, 4) is 0 Å². The van der Waals surface area contributed by atoms with Gasteiger partial charge in [-0.1, -0.05) is 39.3 Å². The Bertz CT molecular complexity index is 976. The van der Waals surface area contributed by atoms with Gasteiger partial charge in [-0.15, -0.1) is 11.6 Å². The fourth-order valence-corrected chi connectivity index (χ4v) is 8.49. The third-order valence-electron chi connectivity index (χ3n) is 10.0. The highest BCUT2D eigenvalue weighted by Crippen LogP contribution is 2.76. The van der Waals surface area contributed by atoms with Gasteiger partial charge >= 0.3 is 5.97 Å². The first-order valence-corrected chi connectivity index (χ1v) is 12.4. The zero-order valence-electron chi connectivity index (χ0n) is 20.0. The molecule has 3 fully saturated rings.